The Kier molecular flexibility index (Phi) is 2.57. The second-order valence-corrected chi connectivity index (χ2v) is 4.29. The topological polar surface area (TPSA) is 95.3 Å². The number of para-hydroxylation sites is 2. The highest BCUT2D eigenvalue weighted by Crippen LogP contribution is 2.19. The molecule has 0 amide bonds. The second-order valence-electron chi connectivity index (χ2n) is 4.29. The molecule has 0 saturated heterocycles. The van der Waals surface area contributed by atoms with Crippen LogP contribution in [-0.2, 0) is 0 Å². The zero-order valence-corrected chi connectivity index (χ0v) is 10.2. The van der Waals surface area contributed by atoms with Gasteiger partial charge in [-0.2, -0.15) is 0 Å². The number of aromatic amines is 1. The zero-order chi connectivity index (χ0) is 14.3. The third-order valence-corrected chi connectivity index (χ3v) is 3.00. The van der Waals surface area contributed by atoms with Crippen molar-refractivity contribution in [2.75, 3.05) is 0 Å². The minimum absolute atomic E-state index is 0.0483. The molecule has 1 aromatic heterocycles. The predicted molar refractivity (Wildman–Crippen MR) is 73.5 cm³/mol. The number of nitrogens with zero attached hydrogens (tertiary/aromatic N) is 1. The van der Waals surface area contributed by atoms with Crippen LogP contribution in [0.4, 0.5) is 0 Å². The van der Waals surface area contributed by atoms with Gasteiger partial charge in [-0.25, -0.2) is 9.36 Å². The van der Waals surface area contributed by atoms with Crippen LogP contribution in [0.3, 0.4) is 0 Å². The number of rotatable bonds is 1. The highest BCUT2D eigenvalue weighted by molar-refractivity contribution is 5.79. The van der Waals surface area contributed by atoms with E-state index in [1.54, 1.807) is 12.1 Å². The van der Waals surface area contributed by atoms with Crippen LogP contribution in [0.15, 0.2) is 52.1 Å². The highest BCUT2D eigenvalue weighted by Gasteiger charge is 2.12. The lowest BCUT2D eigenvalue weighted by atomic mass is 10.2. The summed E-state index contributed by atoms with van der Waals surface area (Å²) in [4.78, 5) is 26.9. The Morgan fingerprint density at radius 3 is 2.50 bits per heavy atom. The van der Waals surface area contributed by atoms with Gasteiger partial charge in [0, 0.05) is 6.07 Å². The maximum Gasteiger partial charge on any atom is 0.333 e. The molecule has 0 aliphatic heterocycles. The van der Waals surface area contributed by atoms with Gasteiger partial charge in [0.25, 0.3) is 5.56 Å². The molecule has 20 heavy (non-hydrogen) atoms. The fraction of sp³-hybridized carbons (Fsp3) is 0. The standard InChI is InChI=1S/C14H10N2O4/c17-8-5-6-9-10(7-8)15-14(20)16(13(9)19)11-3-1-2-4-12(11)18/h1-7,17-18H,(H,15,20). The van der Waals surface area contributed by atoms with Gasteiger partial charge in [-0.1, -0.05) is 12.1 Å². The van der Waals surface area contributed by atoms with Gasteiger partial charge in [-0.3, -0.25) is 4.79 Å². The van der Waals surface area contributed by atoms with E-state index >= 15 is 0 Å². The first kappa shape index (κ1) is 12.0. The lowest BCUT2D eigenvalue weighted by Gasteiger charge is -2.08. The summed E-state index contributed by atoms with van der Waals surface area (Å²) in [7, 11) is 0. The van der Waals surface area contributed by atoms with E-state index in [1.165, 1.54) is 30.3 Å². The Bertz CT molecular complexity index is 924. The number of fused-ring (bicyclic) bond motifs is 1. The van der Waals surface area contributed by atoms with Crippen molar-refractivity contribution >= 4 is 10.9 Å². The van der Waals surface area contributed by atoms with Crippen LogP contribution in [0.1, 0.15) is 0 Å². The van der Waals surface area contributed by atoms with Crippen molar-refractivity contribution in [1.82, 2.24) is 9.55 Å². The molecule has 0 spiro atoms. The highest BCUT2D eigenvalue weighted by atomic mass is 16.3. The van der Waals surface area contributed by atoms with Gasteiger partial charge in [0.1, 0.15) is 11.5 Å². The lowest BCUT2D eigenvalue weighted by Crippen LogP contribution is -2.33. The second kappa shape index (κ2) is 4.27. The van der Waals surface area contributed by atoms with Crippen LogP contribution in [-0.4, -0.2) is 19.8 Å². The molecule has 0 saturated carbocycles. The number of hydrogen-bond donors (Lipinski definition) is 3. The molecule has 3 aromatic rings. The summed E-state index contributed by atoms with van der Waals surface area (Å²) in [5, 5.41) is 19.4. The minimum atomic E-state index is -0.686. The van der Waals surface area contributed by atoms with E-state index in [2.05, 4.69) is 4.98 Å². The molecule has 100 valence electrons. The SMILES string of the molecule is O=c1[nH]c2cc(O)ccc2c(=O)n1-c1ccccc1O. The molecule has 0 bridgehead atoms. The number of phenols is 2. The molecule has 3 N–H and O–H groups in total. The van der Waals surface area contributed by atoms with Crippen LogP contribution in [0.5, 0.6) is 11.5 Å². The number of benzene rings is 2. The summed E-state index contributed by atoms with van der Waals surface area (Å²) in [5.41, 5.74) is -0.903. The Morgan fingerprint density at radius 1 is 1.00 bits per heavy atom. The minimum Gasteiger partial charge on any atom is -0.508 e. The molecule has 6 nitrogen and oxygen atoms in total. The van der Waals surface area contributed by atoms with E-state index < -0.39 is 11.2 Å². The molecule has 0 aliphatic carbocycles. The van der Waals surface area contributed by atoms with E-state index in [1.807, 2.05) is 0 Å². The Morgan fingerprint density at radius 2 is 1.75 bits per heavy atom. The fourth-order valence-electron chi connectivity index (χ4n) is 2.08. The van der Waals surface area contributed by atoms with Gasteiger partial charge in [-0.05, 0) is 24.3 Å². The molecule has 1 heterocycles. The molecule has 0 atom stereocenters. The van der Waals surface area contributed by atoms with Crippen molar-refractivity contribution in [3.05, 3.63) is 63.3 Å². The molecular formula is C14H10N2O4. The van der Waals surface area contributed by atoms with Gasteiger partial charge >= 0.3 is 5.69 Å². The first-order valence-corrected chi connectivity index (χ1v) is 5.84. The zero-order valence-electron chi connectivity index (χ0n) is 10.2. The number of phenolic OH excluding ortho intramolecular Hbond substituents is 2. The number of aromatic hydroxyl groups is 2. The lowest BCUT2D eigenvalue weighted by molar-refractivity contribution is 0.470. The number of aromatic nitrogens is 2. The van der Waals surface area contributed by atoms with Crippen molar-refractivity contribution < 1.29 is 10.2 Å². The average Bonchev–Trinajstić information content (AvgIpc) is 2.40. The summed E-state index contributed by atoms with van der Waals surface area (Å²) >= 11 is 0. The summed E-state index contributed by atoms with van der Waals surface area (Å²) in [6, 6.07) is 10.1. The Balaban J connectivity index is 2.44. The van der Waals surface area contributed by atoms with Crippen LogP contribution < -0.4 is 11.2 Å². The third-order valence-electron chi connectivity index (χ3n) is 3.00. The quantitative estimate of drug-likeness (QED) is 0.616. The normalized spacial score (nSPS) is 10.8. The van der Waals surface area contributed by atoms with Gasteiger partial charge in [-0.15, -0.1) is 0 Å². The van der Waals surface area contributed by atoms with E-state index in [9.17, 15) is 19.8 Å². The molecule has 3 rings (SSSR count). The predicted octanol–water partition coefficient (Wildman–Crippen LogP) is 1.09. The van der Waals surface area contributed by atoms with Crippen LogP contribution in [0.25, 0.3) is 16.6 Å². The van der Waals surface area contributed by atoms with Gasteiger partial charge in [0.2, 0.25) is 0 Å². The number of H-pyrrole nitrogens is 1. The molecule has 6 heteroatoms. The van der Waals surface area contributed by atoms with Gasteiger partial charge in [0.15, 0.2) is 0 Å². The van der Waals surface area contributed by atoms with Crippen molar-refractivity contribution in [3.8, 4) is 17.2 Å². The number of nitrogens with one attached hydrogen (secondary N) is 1. The van der Waals surface area contributed by atoms with Gasteiger partial charge in [0.05, 0.1) is 16.6 Å². The summed E-state index contributed by atoms with van der Waals surface area (Å²) in [6.45, 7) is 0. The Hall–Kier alpha value is -3.02. The molecule has 0 aliphatic rings. The first-order valence-electron chi connectivity index (χ1n) is 5.84. The van der Waals surface area contributed by atoms with E-state index in [0.29, 0.717) is 0 Å². The fourth-order valence-corrected chi connectivity index (χ4v) is 2.08. The first-order chi connectivity index (χ1) is 9.58. The average molecular weight is 270 g/mol. The summed E-state index contributed by atoms with van der Waals surface area (Å²) in [5.74, 6) is -0.217. The maximum atomic E-state index is 12.4. The van der Waals surface area contributed by atoms with Crippen molar-refractivity contribution in [2.24, 2.45) is 0 Å². The largest absolute Gasteiger partial charge is 0.508 e. The Labute approximate surface area is 112 Å². The molecule has 2 aromatic carbocycles. The molecular weight excluding hydrogens is 260 g/mol. The monoisotopic (exact) mass is 270 g/mol. The van der Waals surface area contributed by atoms with E-state index in [4.69, 9.17) is 0 Å². The van der Waals surface area contributed by atoms with Crippen molar-refractivity contribution in [2.45, 2.75) is 0 Å². The van der Waals surface area contributed by atoms with Crippen molar-refractivity contribution in [1.29, 1.82) is 0 Å². The van der Waals surface area contributed by atoms with E-state index in [0.717, 1.165) is 4.57 Å². The maximum absolute atomic E-state index is 12.4. The van der Waals surface area contributed by atoms with Crippen LogP contribution in [0, 0.1) is 0 Å². The molecule has 0 fully saturated rings. The molecule has 0 radical (unpaired) electrons. The molecule has 0 unspecified atom stereocenters. The van der Waals surface area contributed by atoms with Crippen LogP contribution >= 0.6 is 0 Å². The number of hydrogen-bond acceptors (Lipinski definition) is 4. The summed E-state index contributed by atoms with van der Waals surface area (Å²) < 4.78 is 0.856. The van der Waals surface area contributed by atoms with Crippen LogP contribution in [0.2, 0.25) is 0 Å². The summed E-state index contributed by atoms with van der Waals surface area (Å²) in [6.07, 6.45) is 0. The third kappa shape index (κ3) is 1.74. The smallest absolute Gasteiger partial charge is 0.333 e. The van der Waals surface area contributed by atoms with Gasteiger partial charge < -0.3 is 15.2 Å². The van der Waals surface area contributed by atoms with Crippen molar-refractivity contribution in [3.63, 3.8) is 0 Å². The van der Waals surface area contributed by atoms with E-state index in [-0.39, 0.29) is 28.1 Å².